The zero-order chi connectivity index (χ0) is 21.8. The Kier molecular flexibility index (Phi) is 6.26. The van der Waals surface area contributed by atoms with E-state index in [1.54, 1.807) is 25.7 Å². The van der Waals surface area contributed by atoms with Crippen LogP contribution in [0.2, 0.25) is 0 Å². The Morgan fingerprint density at radius 1 is 1.29 bits per heavy atom. The Morgan fingerprint density at radius 3 is 2.94 bits per heavy atom. The molecule has 3 aromatic heterocycles. The molecule has 1 aliphatic heterocycles. The van der Waals surface area contributed by atoms with Gasteiger partial charge in [0.1, 0.15) is 12.3 Å². The monoisotopic (exact) mass is 425 g/mol. The van der Waals surface area contributed by atoms with Crippen LogP contribution in [-0.4, -0.2) is 67.1 Å². The summed E-state index contributed by atoms with van der Waals surface area (Å²) in [5.74, 6) is 0.503. The van der Waals surface area contributed by atoms with Gasteiger partial charge in [0, 0.05) is 50.5 Å². The SMILES string of the molecule is COCCn1c(C)cc(C(=O)N2CCC(n3cc(COc4cnccn4)nn3)C2)c1C. The van der Waals surface area contributed by atoms with Crippen LogP contribution < -0.4 is 4.74 Å². The lowest BCUT2D eigenvalue weighted by atomic mass is 10.2. The Bertz CT molecular complexity index is 1030. The van der Waals surface area contributed by atoms with Gasteiger partial charge in [-0.25, -0.2) is 9.67 Å². The molecule has 0 N–H and O–H groups in total. The average molecular weight is 425 g/mol. The summed E-state index contributed by atoms with van der Waals surface area (Å²) in [5.41, 5.74) is 3.51. The van der Waals surface area contributed by atoms with E-state index in [0.29, 0.717) is 31.3 Å². The number of methoxy groups -OCH3 is 1. The molecule has 10 nitrogen and oxygen atoms in total. The van der Waals surface area contributed by atoms with Gasteiger partial charge in [-0.3, -0.25) is 9.78 Å². The number of hydrogen-bond donors (Lipinski definition) is 0. The molecule has 164 valence electrons. The molecule has 4 heterocycles. The standard InChI is InChI=1S/C21H27N7O3/c1-15-10-19(16(2)27(15)8-9-30-3)21(29)26-7-4-18(13-26)28-12-17(24-25-28)14-31-20-11-22-5-6-23-20/h5-6,10-12,18H,4,7-9,13-14H2,1-3H3. The number of ether oxygens (including phenoxy) is 2. The summed E-state index contributed by atoms with van der Waals surface area (Å²) in [6.45, 7) is 6.93. The lowest BCUT2D eigenvalue weighted by Gasteiger charge is -2.17. The molecule has 1 amide bonds. The third kappa shape index (κ3) is 4.58. The van der Waals surface area contributed by atoms with Crippen LogP contribution in [-0.2, 0) is 17.9 Å². The molecule has 4 rings (SSSR count). The first-order chi connectivity index (χ1) is 15.1. The summed E-state index contributed by atoms with van der Waals surface area (Å²) in [7, 11) is 1.68. The fourth-order valence-electron chi connectivity index (χ4n) is 3.92. The third-order valence-corrected chi connectivity index (χ3v) is 5.61. The van der Waals surface area contributed by atoms with Crippen LogP contribution in [0.3, 0.4) is 0 Å². The van der Waals surface area contributed by atoms with Crippen LogP contribution in [0.4, 0.5) is 0 Å². The Morgan fingerprint density at radius 2 is 2.16 bits per heavy atom. The number of aromatic nitrogens is 6. The van der Waals surface area contributed by atoms with Gasteiger partial charge >= 0.3 is 0 Å². The molecule has 31 heavy (non-hydrogen) atoms. The number of rotatable bonds is 8. The summed E-state index contributed by atoms with van der Waals surface area (Å²) in [5, 5.41) is 8.42. The summed E-state index contributed by atoms with van der Waals surface area (Å²) in [6, 6.07) is 2.07. The highest BCUT2D eigenvalue weighted by atomic mass is 16.5. The van der Waals surface area contributed by atoms with Crippen molar-refractivity contribution in [1.82, 2.24) is 34.4 Å². The van der Waals surface area contributed by atoms with Gasteiger partial charge in [-0.2, -0.15) is 0 Å². The zero-order valence-electron chi connectivity index (χ0n) is 18.1. The molecule has 10 heteroatoms. The number of aryl methyl sites for hydroxylation is 1. The largest absolute Gasteiger partial charge is 0.470 e. The number of nitrogens with zero attached hydrogens (tertiary/aromatic N) is 7. The molecule has 1 unspecified atom stereocenters. The van der Waals surface area contributed by atoms with E-state index >= 15 is 0 Å². The first kappa shape index (κ1) is 21.0. The van der Waals surface area contributed by atoms with Crippen LogP contribution in [0.5, 0.6) is 5.88 Å². The normalized spacial score (nSPS) is 16.1. The predicted octanol–water partition coefficient (Wildman–Crippen LogP) is 1.80. The van der Waals surface area contributed by atoms with Gasteiger partial charge in [-0.15, -0.1) is 5.10 Å². The van der Waals surface area contributed by atoms with Crippen LogP contribution >= 0.6 is 0 Å². The van der Waals surface area contributed by atoms with Gasteiger partial charge in [0.15, 0.2) is 0 Å². The molecule has 1 fully saturated rings. The Labute approximate surface area is 180 Å². The molecule has 1 saturated heterocycles. The van der Waals surface area contributed by atoms with Crippen LogP contribution in [0.1, 0.15) is 39.9 Å². The third-order valence-electron chi connectivity index (χ3n) is 5.61. The fourth-order valence-corrected chi connectivity index (χ4v) is 3.92. The molecule has 3 aromatic rings. The number of carbonyl (C=O) groups excluding carboxylic acids is 1. The lowest BCUT2D eigenvalue weighted by Crippen LogP contribution is -2.29. The molecule has 0 aliphatic carbocycles. The van der Waals surface area contributed by atoms with Crippen molar-refractivity contribution in [3.05, 3.63) is 53.5 Å². The van der Waals surface area contributed by atoms with Crippen molar-refractivity contribution in [2.24, 2.45) is 0 Å². The van der Waals surface area contributed by atoms with E-state index in [2.05, 4.69) is 24.8 Å². The lowest BCUT2D eigenvalue weighted by molar-refractivity contribution is 0.0786. The van der Waals surface area contributed by atoms with E-state index in [1.807, 2.05) is 35.7 Å². The van der Waals surface area contributed by atoms with Crippen molar-refractivity contribution in [1.29, 1.82) is 0 Å². The molecule has 0 bridgehead atoms. The fraction of sp³-hybridized carbons (Fsp3) is 0.476. The van der Waals surface area contributed by atoms with Crippen molar-refractivity contribution in [2.45, 2.75) is 39.5 Å². The quantitative estimate of drug-likeness (QED) is 0.542. The minimum atomic E-state index is 0.0607. The van der Waals surface area contributed by atoms with E-state index in [1.165, 1.54) is 0 Å². The second-order valence-electron chi connectivity index (χ2n) is 7.65. The van der Waals surface area contributed by atoms with Crippen molar-refractivity contribution in [3.8, 4) is 5.88 Å². The summed E-state index contributed by atoms with van der Waals surface area (Å²) in [6.07, 6.45) is 7.42. The summed E-state index contributed by atoms with van der Waals surface area (Å²) >= 11 is 0. The van der Waals surface area contributed by atoms with Crippen molar-refractivity contribution in [2.75, 3.05) is 26.8 Å². The van der Waals surface area contributed by atoms with Crippen molar-refractivity contribution in [3.63, 3.8) is 0 Å². The topological polar surface area (TPSA) is 100 Å². The maximum atomic E-state index is 13.2. The Balaban J connectivity index is 1.37. The van der Waals surface area contributed by atoms with E-state index < -0.39 is 0 Å². The smallest absolute Gasteiger partial charge is 0.255 e. The molecule has 0 radical (unpaired) electrons. The van der Waals surface area contributed by atoms with E-state index in [9.17, 15) is 4.79 Å². The first-order valence-electron chi connectivity index (χ1n) is 10.3. The van der Waals surface area contributed by atoms with E-state index in [4.69, 9.17) is 9.47 Å². The maximum absolute atomic E-state index is 13.2. The van der Waals surface area contributed by atoms with Crippen LogP contribution in [0.25, 0.3) is 0 Å². The number of amides is 1. The Hall–Kier alpha value is -3.27. The highest BCUT2D eigenvalue weighted by Crippen LogP contribution is 2.25. The van der Waals surface area contributed by atoms with Gasteiger partial charge in [-0.05, 0) is 26.3 Å². The van der Waals surface area contributed by atoms with Crippen molar-refractivity contribution >= 4 is 5.91 Å². The van der Waals surface area contributed by atoms with Gasteiger partial charge in [-0.1, -0.05) is 5.21 Å². The highest BCUT2D eigenvalue weighted by Gasteiger charge is 2.30. The van der Waals surface area contributed by atoms with Crippen LogP contribution in [0, 0.1) is 13.8 Å². The van der Waals surface area contributed by atoms with Gasteiger partial charge in [0.2, 0.25) is 5.88 Å². The predicted molar refractivity (Wildman–Crippen MR) is 112 cm³/mol. The van der Waals surface area contributed by atoms with Gasteiger partial charge < -0.3 is 18.9 Å². The van der Waals surface area contributed by atoms with Gasteiger partial charge in [0.05, 0.1) is 30.6 Å². The number of carbonyl (C=O) groups is 1. The molecular formula is C21H27N7O3. The minimum absolute atomic E-state index is 0.0607. The molecule has 0 aromatic carbocycles. The van der Waals surface area contributed by atoms with Crippen LogP contribution in [0.15, 0.2) is 30.9 Å². The minimum Gasteiger partial charge on any atom is -0.470 e. The van der Waals surface area contributed by atoms with Gasteiger partial charge in [0.25, 0.3) is 5.91 Å². The van der Waals surface area contributed by atoms with Crippen molar-refractivity contribution < 1.29 is 14.3 Å². The number of hydrogen-bond acceptors (Lipinski definition) is 7. The molecule has 1 atom stereocenters. The first-order valence-corrected chi connectivity index (χ1v) is 10.3. The number of likely N-dealkylation sites (tertiary alicyclic amines) is 1. The van der Waals surface area contributed by atoms with E-state index in [-0.39, 0.29) is 18.6 Å². The second-order valence-corrected chi connectivity index (χ2v) is 7.65. The highest BCUT2D eigenvalue weighted by molar-refractivity contribution is 5.96. The second kappa shape index (κ2) is 9.25. The molecule has 1 aliphatic rings. The van der Waals surface area contributed by atoms with E-state index in [0.717, 1.165) is 29.9 Å². The zero-order valence-corrected chi connectivity index (χ0v) is 18.1. The summed E-state index contributed by atoms with van der Waals surface area (Å²) in [4.78, 5) is 23.1. The molecular weight excluding hydrogens is 398 g/mol. The molecule has 0 saturated carbocycles. The summed E-state index contributed by atoms with van der Waals surface area (Å²) < 4.78 is 14.7. The molecule has 0 spiro atoms. The average Bonchev–Trinajstić information content (AvgIpc) is 3.51. The maximum Gasteiger partial charge on any atom is 0.255 e.